The first-order chi connectivity index (χ1) is 22.0. The molecule has 0 unspecified atom stereocenters. The number of nitrogens with zero attached hydrogens (tertiary/aromatic N) is 3. The fourth-order valence-electron chi connectivity index (χ4n) is 2.98. The number of aromatic carboxylic acids is 2. The quantitative estimate of drug-likeness (QED) is 0.142. The predicted molar refractivity (Wildman–Crippen MR) is 163 cm³/mol. The van der Waals surface area contributed by atoms with E-state index >= 15 is 0 Å². The summed E-state index contributed by atoms with van der Waals surface area (Å²) in [4.78, 5) is 56.8. The second-order valence-electron chi connectivity index (χ2n) is 8.31. The van der Waals surface area contributed by atoms with Gasteiger partial charge >= 0.3 is 23.9 Å². The lowest BCUT2D eigenvalue weighted by Crippen LogP contribution is -3.00. The van der Waals surface area contributed by atoms with E-state index in [9.17, 15) is 19.2 Å². The van der Waals surface area contributed by atoms with E-state index in [1.54, 1.807) is 18.2 Å². The average molecular weight is 714 g/mol. The smallest absolute Gasteiger partial charge is 0.356 e. The first-order valence-electron chi connectivity index (χ1n) is 12.9. The number of pyridine rings is 4. The number of rotatable bonds is 8. The molecule has 0 aliphatic heterocycles. The highest BCUT2D eigenvalue weighted by atomic mass is 35.5. The molecule has 0 atom stereocenters. The van der Waals surface area contributed by atoms with E-state index in [0.717, 1.165) is 11.4 Å². The molecule has 0 saturated heterocycles. The predicted octanol–water partition coefficient (Wildman–Crippen LogP) is 0.181. The van der Waals surface area contributed by atoms with Crippen molar-refractivity contribution in [2.45, 2.75) is 25.0 Å². The number of H-pyrrole nitrogens is 1. The Bertz CT molecular complexity index is 1450. The molecule has 0 amide bonds. The van der Waals surface area contributed by atoms with Crippen LogP contribution in [0.25, 0.3) is 0 Å². The summed E-state index contributed by atoms with van der Waals surface area (Å²) in [7, 11) is 2.49. The lowest BCUT2D eigenvalue weighted by atomic mass is 10.3. The van der Waals surface area contributed by atoms with Gasteiger partial charge in [-0.05, 0) is 42.5 Å². The highest BCUT2D eigenvalue weighted by molar-refractivity contribution is 6.17. The second kappa shape index (κ2) is 23.6. The minimum Gasteiger partial charge on any atom is -1.00 e. The van der Waals surface area contributed by atoms with Crippen LogP contribution in [0.2, 0.25) is 0 Å². The summed E-state index contributed by atoms with van der Waals surface area (Å²) >= 11 is 11.2. The monoisotopic (exact) mass is 712 g/mol. The maximum atomic E-state index is 11.0. The van der Waals surface area contributed by atoms with Gasteiger partial charge in [-0.15, -0.1) is 23.2 Å². The number of carbonyl (C=O) groups is 4. The number of carboxylic acid groups (broad SMARTS) is 2. The van der Waals surface area contributed by atoms with Crippen molar-refractivity contribution in [2.75, 3.05) is 14.2 Å². The fraction of sp³-hybridized carbons (Fsp3) is 0.200. The normalized spacial score (nSPS) is 9.32. The van der Waals surface area contributed by atoms with Crippen LogP contribution in [0.4, 0.5) is 0 Å². The zero-order chi connectivity index (χ0) is 34.5. The van der Waals surface area contributed by atoms with E-state index in [4.69, 9.17) is 43.6 Å². The molecule has 252 valence electrons. The highest BCUT2D eigenvalue weighted by Gasteiger charge is 2.12. The van der Waals surface area contributed by atoms with Crippen LogP contribution >= 0.6 is 23.2 Å². The molecule has 4 heterocycles. The number of aliphatic hydroxyl groups is 2. The number of aliphatic hydroxyl groups excluding tert-OH is 2. The summed E-state index contributed by atoms with van der Waals surface area (Å²) in [5.74, 6) is -2.64. The number of hydrogen-bond acceptors (Lipinski definition) is 11. The average Bonchev–Trinajstić information content (AvgIpc) is 3.11. The highest BCUT2D eigenvalue weighted by Crippen LogP contribution is 2.03. The number of hydrogen-bond donors (Lipinski definition) is 4. The summed E-state index contributed by atoms with van der Waals surface area (Å²) in [6.07, 6.45) is 0. The Morgan fingerprint density at radius 3 is 1.30 bits per heavy atom. The van der Waals surface area contributed by atoms with Crippen LogP contribution in [0, 0.1) is 0 Å². The first kappa shape index (κ1) is 42.3. The zero-order valence-corrected chi connectivity index (χ0v) is 27.2. The maximum absolute atomic E-state index is 11.0. The molecule has 4 aromatic rings. The summed E-state index contributed by atoms with van der Waals surface area (Å²) in [6, 6.07) is 19.2. The van der Waals surface area contributed by atoms with Crippen molar-refractivity contribution in [1.29, 1.82) is 0 Å². The minimum absolute atomic E-state index is 0. The van der Waals surface area contributed by atoms with Gasteiger partial charge in [0.2, 0.25) is 0 Å². The molecule has 0 aliphatic rings. The Balaban J connectivity index is 0.000000602. The van der Waals surface area contributed by atoms with Gasteiger partial charge in [0.25, 0.3) is 0 Å². The van der Waals surface area contributed by atoms with Crippen molar-refractivity contribution in [3.63, 3.8) is 0 Å². The SMILES string of the molecule is COC(=O)c1cccc(C(=O)OC)n1.ClCc1cccc(CCl)[nH+]1.O=C(O)c1cccc(C(=O)O)n1.OCc1cccc(CO)n1.[Cl-]. The van der Waals surface area contributed by atoms with E-state index in [1.807, 2.05) is 18.2 Å². The van der Waals surface area contributed by atoms with E-state index in [1.165, 1.54) is 50.6 Å². The van der Waals surface area contributed by atoms with Gasteiger partial charge in [-0.1, -0.05) is 18.2 Å². The van der Waals surface area contributed by atoms with Crippen LogP contribution in [0.3, 0.4) is 0 Å². The molecule has 0 saturated carbocycles. The molecule has 0 spiro atoms. The summed E-state index contributed by atoms with van der Waals surface area (Å²) in [5.41, 5.74) is 2.80. The number of ether oxygens (including phenoxy) is 2. The van der Waals surface area contributed by atoms with E-state index in [-0.39, 0.29) is 48.4 Å². The van der Waals surface area contributed by atoms with Gasteiger partial charge in [0.15, 0.2) is 11.4 Å². The molecule has 4 rings (SSSR count). The molecule has 47 heavy (non-hydrogen) atoms. The lowest BCUT2D eigenvalue weighted by Gasteiger charge is -2.00. The van der Waals surface area contributed by atoms with Crippen molar-refractivity contribution in [3.05, 3.63) is 118 Å². The third-order valence-electron chi connectivity index (χ3n) is 5.12. The fourth-order valence-corrected chi connectivity index (χ4v) is 3.29. The van der Waals surface area contributed by atoms with Crippen molar-refractivity contribution < 1.29 is 66.5 Å². The van der Waals surface area contributed by atoms with Crippen molar-refractivity contribution in [3.8, 4) is 0 Å². The van der Waals surface area contributed by atoms with Gasteiger partial charge < -0.3 is 42.3 Å². The minimum atomic E-state index is -1.24. The lowest BCUT2D eigenvalue weighted by molar-refractivity contribution is -0.398. The maximum Gasteiger partial charge on any atom is 0.356 e. The molecule has 0 aliphatic carbocycles. The van der Waals surface area contributed by atoms with Gasteiger partial charge in [-0.25, -0.2) is 34.1 Å². The van der Waals surface area contributed by atoms with E-state index in [2.05, 4.69) is 29.4 Å². The summed E-state index contributed by atoms with van der Waals surface area (Å²) < 4.78 is 8.90. The molecule has 4 aromatic heterocycles. The number of nitrogens with one attached hydrogen (secondary N) is 1. The van der Waals surface area contributed by atoms with Gasteiger partial charge in [0.1, 0.15) is 34.5 Å². The Hall–Kier alpha value is -4.73. The van der Waals surface area contributed by atoms with Crippen molar-refractivity contribution in [2.24, 2.45) is 0 Å². The number of esters is 2. The number of methoxy groups -OCH3 is 2. The van der Waals surface area contributed by atoms with Crippen LogP contribution in [0.15, 0.2) is 72.8 Å². The molecule has 0 bridgehead atoms. The molecule has 14 nitrogen and oxygen atoms in total. The molecular weight excluding hydrogens is 683 g/mol. The van der Waals surface area contributed by atoms with Crippen LogP contribution in [0.1, 0.15) is 64.7 Å². The summed E-state index contributed by atoms with van der Waals surface area (Å²) in [5, 5.41) is 34.1. The van der Waals surface area contributed by atoms with Crippen LogP contribution < -0.4 is 17.4 Å². The largest absolute Gasteiger partial charge is 1.00 e. The van der Waals surface area contributed by atoms with Gasteiger partial charge in [-0.2, -0.15) is 0 Å². The Morgan fingerprint density at radius 1 is 0.617 bits per heavy atom. The van der Waals surface area contributed by atoms with Crippen LogP contribution in [0.5, 0.6) is 0 Å². The van der Waals surface area contributed by atoms with E-state index < -0.39 is 23.9 Å². The van der Waals surface area contributed by atoms with Gasteiger partial charge in [0, 0.05) is 12.1 Å². The zero-order valence-electron chi connectivity index (χ0n) is 25.0. The first-order valence-corrected chi connectivity index (χ1v) is 14.0. The topological polar surface area (TPSA) is 220 Å². The van der Waals surface area contributed by atoms with Crippen LogP contribution in [-0.4, -0.2) is 73.5 Å². The van der Waals surface area contributed by atoms with Crippen LogP contribution in [-0.2, 0) is 34.4 Å². The number of carbonyl (C=O) groups excluding carboxylic acids is 2. The Kier molecular flexibility index (Phi) is 21.2. The number of alkyl halides is 2. The molecule has 0 fully saturated rings. The molecule has 5 N–H and O–H groups in total. The summed E-state index contributed by atoms with van der Waals surface area (Å²) in [6.45, 7) is -0.151. The third kappa shape index (κ3) is 15.9. The standard InChI is InChI=1S/C9H9NO4.C7H7Cl2N.C7H5NO4.C7H9NO2.ClH/c1-13-8(11)6-4-3-5-7(10-6)9(12)14-2;8-4-6-2-1-3-7(5-9)10-6;9-6(10)4-2-1-3-5(8-4)7(11)12;9-4-6-2-1-3-7(5-10)8-6;/h3-5H,1-2H3;1-3H,4-5H2;1-3H,(H,9,10)(H,11,12);1-3,9-10H,4-5H2;1H. The Morgan fingerprint density at radius 2 is 0.957 bits per heavy atom. The third-order valence-corrected chi connectivity index (χ3v) is 5.69. The van der Waals surface area contributed by atoms with Crippen molar-refractivity contribution in [1.82, 2.24) is 15.0 Å². The van der Waals surface area contributed by atoms with Gasteiger partial charge in [-0.3, -0.25) is 4.98 Å². The number of aromatic amines is 1. The second-order valence-corrected chi connectivity index (χ2v) is 8.85. The molecule has 0 aromatic carbocycles. The molecule has 0 radical (unpaired) electrons. The Labute approximate surface area is 285 Å². The van der Waals surface area contributed by atoms with Gasteiger partial charge in [0.05, 0.1) is 38.8 Å². The van der Waals surface area contributed by atoms with E-state index in [0.29, 0.717) is 23.1 Å². The molecule has 17 heteroatoms. The molecular formula is C30H31Cl3N4O10. The van der Waals surface area contributed by atoms with Crippen molar-refractivity contribution >= 4 is 47.1 Å². The number of carboxylic acids is 2. The number of halogens is 3. The number of aromatic nitrogens is 4.